The molecular weight excluding hydrogens is 144 g/mol. The molecule has 1 heterocycles. The summed E-state index contributed by atoms with van der Waals surface area (Å²) < 4.78 is 0. The predicted molar refractivity (Wildman–Crippen MR) is 39.8 cm³/mol. The van der Waals surface area contributed by atoms with Gasteiger partial charge in [-0.05, 0) is 13.8 Å². The van der Waals surface area contributed by atoms with Crippen molar-refractivity contribution in [2.24, 2.45) is 0 Å². The first-order valence-electron chi connectivity index (χ1n) is 3.66. The van der Waals surface area contributed by atoms with Crippen LogP contribution in [-0.2, 0) is 9.59 Å². The Kier molecular flexibility index (Phi) is 2.12. The van der Waals surface area contributed by atoms with Gasteiger partial charge in [0, 0.05) is 12.6 Å². The first kappa shape index (κ1) is 8.04. The Labute approximate surface area is 65.6 Å². The molecule has 1 aliphatic rings. The van der Waals surface area contributed by atoms with Crippen LogP contribution in [0.5, 0.6) is 0 Å². The number of amides is 2. The van der Waals surface area contributed by atoms with Crippen LogP contribution in [0.25, 0.3) is 0 Å². The molecule has 4 nitrogen and oxygen atoms in total. The van der Waals surface area contributed by atoms with Crippen molar-refractivity contribution in [3.8, 4) is 0 Å². The van der Waals surface area contributed by atoms with E-state index in [1.165, 1.54) is 4.90 Å². The highest BCUT2D eigenvalue weighted by molar-refractivity contribution is 5.84. The molecule has 4 heteroatoms. The van der Waals surface area contributed by atoms with Crippen LogP contribution < -0.4 is 5.32 Å². The van der Waals surface area contributed by atoms with Crippen molar-refractivity contribution in [2.75, 3.05) is 6.54 Å². The summed E-state index contributed by atoms with van der Waals surface area (Å²) in [5.41, 5.74) is 0. The molecule has 0 aromatic carbocycles. The van der Waals surface area contributed by atoms with Gasteiger partial charge in [-0.3, -0.25) is 9.59 Å². The monoisotopic (exact) mass is 156 g/mol. The first-order valence-corrected chi connectivity index (χ1v) is 3.66. The summed E-state index contributed by atoms with van der Waals surface area (Å²) in [6, 6.07) is -0.243. The minimum atomic E-state index is -0.316. The van der Waals surface area contributed by atoms with Crippen LogP contribution in [0.4, 0.5) is 0 Å². The summed E-state index contributed by atoms with van der Waals surface area (Å²) in [5, 5.41) is 2.75. The molecule has 1 rings (SSSR count). The Balaban J connectivity index is 2.65. The molecule has 0 bridgehead atoms. The largest absolute Gasteiger partial charge is 0.350 e. The molecule has 0 spiro atoms. The van der Waals surface area contributed by atoms with Gasteiger partial charge in [0.2, 0.25) is 12.3 Å². The maximum Gasteiger partial charge on any atom is 0.242 e. The van der Waals surface area contributed by atoms with Crippen LogP contribution in [0, 0.1) is 0 Å². The van der Waals surface area contributed by atoms with Gasteiger partial charge >= 0.3 is 0 Å². The third-order valence-electron chi connectivity index (χ3n) is 1.89. The first-order chi connectivity index (χ1) is 5.15. The van der Waals surface area contributed by atoms with Crippen molar-refractivity contribution in [1.82, 2.24) is 10.2 Å². The summed E-state index contributed by atoms with van der Waals surface area (Å²) in [4.78, 5) is 23.0. The van der Waals surface area contributed by atoms with Crippen LogP contribution in [0.1, 0.15) is 13.8 Å². The summed E-state index contributed by atoms with van der Waals surface area (Å²) in [6.45, 7) is 4.20. The Morgan fingerprint density at radius 2 is 2.27 bits per heavy atom. The summed E-state index contributed by atoms with van der Waals surface area (Å²) in [7, 11) is 0. The third-order valence-corrected chi connectivity index (χ3v) is 1.89. The van der Waals surface area contributed by atoms with Crippen molar-refractivity contribution in [1.29, 1.82) is 0 Å². The smallest absolute Gasteiger partial charge is 0.242 e. The van der Waals surface area contributed by atoms with E-state index < -0.39 is 0 Å². The molecule has 11 heavy (non-hydrogen) atoms. The van der Waals surface area contributed by atoms with E-state index in [1.54, 1.807) is 6.92 Å². The molecule has 2 unspecified atom stereocenters. The average Bonchev–Trinajstić information content (AvgIpc) is 1.96. The number of nitrogens with zero attached hydrogens (tertiary/aromatic N) is 1. The number of hydrogen-bond acceptors (Lipinski definition) is 2. The Hall–Kier alpha value is -1.06. The maximum absolute atomic E-state index is 11.1. The van der Waals surface area contributed by atoms with E-state index in [-0.39, 0.29) is 18.0 Å². The number of carbonyl (C=O) groups is 2. The van der Waals surface area contributed by atoms with Crippen LogP contribution in [0.15, 0.2) is 0 Å². The summed E-state index contributed by atoms with van der Waals surface area (Å²) in [5.74, 6) is -0.0733. The number of rotatable bonds is 1. The van der Waals surface area contributed by atoms with Crippen molar-refractivity contribution in [3.63, 3.8) is 0 Å². The van der Waals surface area contributed by atoms with Crippen LogP contribution in [0.3, 0.4) is 0 Å². The van der Waals surface area contributed by atoms with Crippen molar-refractivity contribution >= 4 is 12.3 Å². The van der Waals surface area contributed by atoms with Gasteiger partial charge in [0.1, 0.15) is 6.04 Å². The fourth-order valence-corrected chi connectivity index (χ4v) is 1.17. The zero-order chi connectivity index (χ0) is 8.43. The molecule has 2 atom stereocenters. The number of hydrogen-bond donors (Lipinski definition) is 1. The van der Waals surface area contributed by atoms with E-state index in [0.29, 0.717) is 6.54 Å². The average molecular weight is 156 g/mol. The van der Waals surface area contributed by atoms with Crippen molar-refractivity contribution in [2.45, 2.75) is 25.9 Å². The van der Waals surface area contributed by atoms with Gasteiger partial charge in [-0.25, -0.2) is 0 Å². The van der Waals surface area contributed by atoms with E-state index >= 15 is 0 Å². The van der Waals surface area contributed by atoms with Crippen molar-refractivity contribution in [3.05, 3.63) is 0 Å². The van der Waals surface area contributed by atoms with E-state index in [1.807, 2.05) is 6.92 Å². The molecule has 1 saturated heterocycles. The Morgan fingerprint density at radius 1 is 1.64 bits per heavy atom. The lowest BCUT2D eigenvalue weighted by molar-refractivity contribution is -0.136. The third kappa shape index (κ3) is 1.50. The topological polar surface area (TPSA) is 49.4 Å². The van der Waals surface area contributed by atoms with Gasteiger partial charge in [-0.1, -0.05) is 0 Å². The Bertz CT molecular complexity index is 181. The van der Waals surface area contributed by atoms with E-state index in [4.69, 9.17) is 0 Å². The molecule has 0 radical (unpaired) electrons. The molecule has 62 valence electrons. The fourth-order valence-electron chi connectivity index (χ4n) is 1.17. The summed E-state index contributed by atoms with van der Waals surface area (Å²) in [6.07, 6.45) is 0.722. The minimum Gasteiger partial charge on any atom is -0.350 e. The highest BCUT2D eigenvalue weighted by Crippen LogP contribution is 2.04. The molecule has 0 saturated carbocycles. The normalized spacial score (nSPS) is 31.5. The van der Waals surface area contributed by atoms with Gasteiger partial charge in [0.25, 0.3) is 0 Å². The standard InChI is InChI=1S/C7H12N2O2/c1-5-3-9(4-10)6(2)7(11)8-5/h4-6H,3H2,1-2H3,(H,8,11). The van der Waals surface area contributed by atoms with Crippen LogP contribution in [-0.4, -0.2) is 35.8 Å². The van der Waals surface area contributed by atoms with Gasteiger partial charge < -0.3 is 10.2 Å². The van der Waals surface area contributed by atoms with Crippen LogP contribution >= 0.6 is 0 Å². The fraction of sp³-hybridized carbons (Fsp3) is 0.714. The lowest BCUT2D eigenvalue weighted by atomic mass is 10.1. The Morgan fingerprint density at radius 3 is 2.82 bits per heavy atom. The molecule has 1 fully saturated rings. The van der Waals surface area contributed by atoms with Gasteiger partial charge in [0.05, 0.1) is 0 Å². The predicted octanol–water partition coefficient (Wildman–Crippen LogP) is -0.648. The molecule has 0 aromatic heterocycles. The second kappa shape index (κ2) is 2.90. The SMILES string of the molecule is CC1CN(C=O)C(C)C(=O)N1. The van der Waals surface area contributed by atoms with E-state index in [2.05, 4.69) is 5.32 Å². The second-order valence-electron chi connectivity index (χ2n) is 2.89. The van der Waals surface area contributed by atoms with E-state index in [0.717, 1.165) is 6.41 Å². The van der Waals surface area contributed by atoms with Crippen molar-refractivity contribution < 1.29 is 9.59 Å². The lowest BCUT2D eigenvalue weighted by Gasteiger charge is -2.33. The van der Waals surface area contributed by atoms with Gasteiger partial charge in [-0.2, -0.15) is 0 Å². The lowest BCUT2D eigenvalue weighted by Crippen LogP contribution is -2.57. The molecule has 0 aliphatic carbocycles. The molecule has 0 aromatic rings. The molecular formula is C7H12N2O2. The second-order valence-corrected chi connectivity index (χ2v) is 2.89. The zero-order valence-electron chi connectivity index (χ0n) is 6.70. The summed E-state index contributed by atoms with van der Waals surface area (Å²) >= 11 is 0. The quantitative estimate of drug-likeness (QED) is 0.513. The van der Waals surface area contributed by atoms with Gasteiger partial charge in [0.15, 0.2) is 0 Å². The number of piperazine rings is 1. The number of carbonyl (C=O) groups excluding carboxylic acids is 2. The van der Waals surface area contributed by atoms with E-state index in [9.17, 15) is 9.59 Å². The highest BCUT2D eigenvalue weighted by atomic mass is 16.2. The van der Waals surface area contributed by atoms with Crippen LogP contribution in [0.2, 0.25) is 0 Å². The zero-order valence-corrected chi connectivity index (χ0v) is 6.70. The highest BCUT2D eigenvalue weighted by Gasteiger charge is 2.27. The molecule has 2 amide bonds. The maximum atomic E-state index is 11.1. The minimum absolute atomic E-state index is 0.0731. The molecule has 1 N–H and O–H groups in total. The molecule has 1 aliphatic heterocycles. The number of nitrogens with one attached hydrogen (secondary N) is 1. The van der Waals surface area contributed by atoms with Gasteiger partial charge in [-0.15, -0.1) is 0 Å².